The Morgan fingerprint density at radius 3 is 0.955 bits per heavy atom. The second-order valence-electron chi connectivity index (χ2n) is 30.5. The summed E-state index contributed by atoms with van der Waals surface area (Å²) in [7, 11) is -5.80. The first-order chi connectivity index (χ1) is 42.0. The van der Waals surface area contributed by atoms with Gasteiger partial charge in [0.15, 0.2) is 0 Å². The van der Waals surface area contributed by atoms with Gasteiger partial charge < -0.3 is 48.7 Å². The van der Waals surface area contributed by atoms with E-state index < -0.39 is 82.1 Å². The van der Waals surface area contributed by atoms with E-state index in [0.29, 0.717) is 0 Å². The number of aliphatic hydroxyl groups is 1. The molecule has 1 atom stereocenters. The van der Waals surface area contributed by atoms with Crippen molar-refractivity contribution in [3.63, 3.8) is 0 Å². The van der Waals surface area contributed by atoms with Crippen molar-refractivity contribution < 1.29 is 58.3 Å². The van der Waals surface area contributed by atoms with Crippen molar-refractivity contribution >= 4 is 29.1 Å². The summed E-state index contributed by atoms with van der Waals surface area (Å²) in [6.45, 7) is 30.0. The van der Waals surface area contributed by atoms with Gasteiger partial charge in [-0.05, 0) is 106 Å². The molecule has 516 valence electrons. The van der Waals surface area contributed by atoms with Crippen LogP contribution in [0.1, 0.15) is 371 Å². The summed E-state index contributed by atoms with van der Waals surface area (Å²) in [4.78, 5) is 63.8. The number of hydrogen-bond donors (Lipinski definition) is 7. The minimum absolute atomic E-state index is 0.288. The second-order valence-corrected chi connectivity index (χ2v) is 32.0. The van der Waals surface area contributed by atoms with Crippen molar-refractivity contribution in [1.29, 1.82) is 0 Å². The lowest BCUT2D eigenvalue weighted by molar-refractivity contribution is -0.138. The van der Waals surface area contributed by atoms with Gasteiger partial charge in [-0.15, -0.1) is 0 Å². The van der Waals surface area contributed by atoms with Crippen LogP contribution in [-0.4, -0.2) is 66.7 Å². The third kappa shape index (κ3) is 32.2. The van der Waals surface area contributed by atoms with Crippen LogP contribution in [0.25, 0.3) is 0 Å². The van der Waals surface area contributed by atoms with Gasteiger partial charge in [-0.25, -0.2) is 0 Å². The number of carboxylic acids is 2. The Morgan fingerprint density at radius 1 is 0.416 bits per heavy atom. The van der Waals surface area contributed by atoms with E-state index in [0.717, 1.165) is 123 Å². The molecule has 0 saturated heterocycles. The number of aryl methyl sites for hydroxylation is 2. The highest BCUT2D eigenvalue weighted by Gasteiger charge is 2.49. The van der Waals surface area contributed by atoms with Crippen LogP contribution in [0.5, 0.6) is 5.75 Å². The molecule has 2 rings (SSSR count). The van der Waals surface area contributed by atoms with Crippen molar-refractivity contribution in [2.24, 2.45) is 5.41 Å². The van der Waals surface area contributed by atoms with Gasteiger partial charge >= 0.3 is 29.1 Å². The minimum Gasteiger partial charge on any atom is -0.484 e. The second kappa shape index (κ2) is 43.7. The first-order valence-electron chi connectivity index (χ1n) is 35.7. The molecular weight excluding hydrogens is 1150 g/mol. The molecule has 12 nitrogen and oxygen atoms in total. The SMILES string of the molecule is CCc1cc(C(C)(C)C)c(OC(c2c(C(C)(C)C)cc(CC)c(CCCCCCCCCCCCCCCCCCC(=O)O)c2C(C)(C)C)C(CO)(COP(O)O)COP(O)O)c(C(C)(C)C)c1CCCCCCCCCCCCCCCCCCC(=O)O. The van der Waals surface area contributed by atoms with Crippen molar-refractivity contribution in [2.75, 3.05) is 19.8 Å². The fraction of sp³-hybridized carbons (Fsp3) is 0.813. The number of unbranched alkanes of at least 4 members (excludes halogenated alkanes) is 30. The highest BCUT2D eigenvalue weighted by Crippen LogP contribution is 2.54. The number of carboxylic acid groups (broad SMARTS) is 2. The van der Waals surface area contributed by atoms with Gasteiger partial charge in [-0.3, -0.25) is 9.59 Å². The average Bonchev–Trinajstić information content (AvgIpc) is 0.878. The number of carbonyl (C=O) groups is 2. The highest BCUT2D eigenvalue weighted by molar-refractivity contribution is 7.39. The Kier molecular flexibility index (Phi) is 40.7. The largest absolute Gasteiger partial charge is 0.484 e. The van der Waals surface area contributed by atoms with Crippen LogP contribution in [0.15, 0.2) is 12.1 Å². The molecule has 0 radical (unpaired) electrons. The molecule has 0 fully saturated rings. The summed E-state index contributed by atoms with van der Waals surface area (Å²) < 4.78 is 19.8. The zero-order valence-electron chi connectivity index (χ0n) is 59.3. The van der Waals surface area contributed by atoms with Crippen molar-refractivity contribution in [3.8, 4) is 5.75 Å². The normalized spacial score (nSPS) is 13.1. The molecule has 0 aromatic heterocycles. The Morgan fingerprint density at radius 2 is 0.697 bits per heavy atom. The van der Waals surface area contributed by atoms with Gasteiger partial charge in [-0.2, -0.15) is 0 Å². The lowest BCUT2D eigenvalue weighted by Crippen LogP contribution is -2.46. The van der Waals surface area contributed by atoms with Gasteiger partial charge in [-0.1, -0.05) is 289 Å². The third-order valence-corrected chi connectivity index (χ3v) is 19.1. The van der Waals surface area contributed by atoms with Crippen LogP contribution in [-0.2, 0) is 66.0 Å². The van der Waals surface area contributed by atoms with Crippen molar-refractivity contribution in [2.45, 2.75) is 369 Å². The summed E-state index contributed by atoms with van der Waals surface area (Å²) in [5.41, 5.74) is 7.16. The quantitative estimate of drug-likeness (QED) is 0.0244. The summed E-state index contributed by atoms with van der Waals surface area (Å²) >= 11 is 0. The zero-order valence-corrected chi connectivity index (χ0v) is 61.1. The fourth-order valence-electron chi connectivity index (χ4n) is 13.4. The minimum atomic E-state index is -2.90. The van der Waals surface area contributed by atoms with E-state index in [2.05, 4.69) is 109 Å². The van der Waals surface area contributed by atoms with Crippen LogP contribution in [0.3, 0.4) is 0 Å². The first kappa shape index (κ1) is 82.9. The molecule has 1 unspecified atom stereocenters. The standard InChI is InChI=1S/C75H134O12P2/c1-15-58-53-62(71(3,4)5)66(67(73(9,10)11)60(58)49-45-41-37-33-29-25-21-17-19-23-27-31-35-39-43-47-51-64(77)78)70(75(55-76,56-85-88(81)82)57-86-89(83)84)87-69-63(72(6,7)8)54-59(16-2)61(68(69)74(12,13)14)50-46-42-38-34-30-26-22-18-20-24-28-32-36-40-44-48-52-65(79)80/h53-54,70,76,81-84H,15-52,55-57H2,1-14H3,(H,77,78)(H,79,80). The van der Waals surface area contributed by atoms with Crippen LogP contribution >= 0.6 is 17.2 Å². The molecule has 7 N–H and O–H groups in total. The Labute approximate surface area is 546 Å². The Bertz CT molecular complexity index is 2240. The van der Waals surface area contributed by atoms with Gasteiger partial charge in [0.1, 0.15) is 11.9 Å². The monoisotopic (exact) mass is 1290 g/mol. The van der Waals surface area contributed by atoms with Crippen LogP contribution < -0.4 is 4.74 Å². The average molecular weight is 1290 g/mol. The molecule has 0 heterocycles. The maximum atomic E-state index is 12.2. The number of hydrogen-bond acceptors (Lipinski definition) is 10. The Balaban J connectivity index is 2.61. The number of rotatable bonds is 51. The number of aliphatic carboxylic acids is 2. The molecule has 0 bridgehead atoms. The zero-order chi connectivity index (χ0) is 66.7. The van der Waals surface area contributed by atoms with Crippen LogP contribution in [0.2, 0.25) is 0 Å². The molecule has 14 heteroatoms. The molecule has 2 aromatic rings. The highest BCUT2D eigenvalue weighted by atomic mass is 31.2. The maximum Gasteiger partial charge on any atom is 0.327 e. The fourth-order valence-corrected chi connectivity index (χ4v) is 14.2. The van der Waals surface area contributed by atoms with E-state index in [-0.39, 0.29) is 12.8 Å². The summed E-state index contributed by atoms with van der Waals surface area (Å²) in [6.07, 6.45) is 40.8. The van der Waals surface area contributed by atoms with Crippen molar-refractivity contribution in [1.82, 2.24) is 0 Å². The molecule has 0 aliphatic rings. The predicted molar refractivity (Wildman–Crippen MR) is 374 cm³/mol. The summed E-state index contributed by atoms with van der Waals surface area (Å²) in [6, 6.07) is 4.72. The predicted octanol–water partition coefficient (Wildman–Crippen LogP) is 21.1. The molecular formula is C75H134O12P2. The van der Waals surface area contributed by atoms with Crippen LogP contribution in [0.4, 0.5) is 0 Å². The van der Waals surface area contributed by atoms with Gasteiger partial charge in [0.2, 0.25) is 0 Å². The smallest absolute Gasteiger partial charge is 0.327 e. The summed E-state index contributed by atoms with van der Waals surface area (Å²) in [5.74, 6) is -0.633. The van der Waals surface area contributed by atoms with E-state index in [9.17, 15) is 34.3 Å². The topological polar surface area (TPSA) is 203 Å². The number of benzene rings is 2. The third-order valence-electron chi connectivity index (χ3n) is 18.4. The number of aliphatic hydroxyl groups excluding tert-OH is 1. The summed E-state index contributed by atoms with van der Waals surface area (Å²) in [5, 5.41) is 29.9. The van der Waals surface area contributed by atoms with E-state index in [1.807, 2.05) is 0 Å². The van der Waals surface area contributed by atoms with Gasteiger partial charge in [0.25, 0.3) is 0 Å². The van der Waals surface area contributed by atoms with E-state index in [4.69, 9.17) is 24.0 Å². The van der Waals surface area contributed by atoms with E-state index in [1.165, 1.54) is 164 Å². The van der Waals surface area contributed by atoms with Crippen LogP contribution in [0, 0.1) is 5.41 Å². The Hall–Kier alpha value is -2.24. The lowest BCUT2D eigenvalue weighted by Gasteiger charge is -2.45. The first-order valence-corrected chi connectivity index (χ1v) is 38.0. The molecule has 89 heavy (non-hydrogen) atoms. The molecule has 0 aliphatic heterocycles. The number of ether oxygens (including phenoxy) is 1. The van der Waals surface area contributed by atoms with E-state index >= 15 is 0 Å². The molecule has 0 saturated carbocycles. The van der Waals surface area contributed by atoms with Gasteiger partial charge in [0.05, 0.1) is 25.2 Å². The lowest BCUT2D eigenvalue weighted by atomic mass is 9.66. The van der Waals surface area contributed by atoms with E-state index in [1.54, 1.807) is 0 Å². The van der Waals surface area contributed by atoms with Gasteiger partial charge in [0, 0.05) is 29.5 Å². The molecule has 0 amide bonds. The maximum absolute atomic E-state index is 12.2. The molecule has 2 aromatic carbocycles. The van der Waals surface area contributed by atoms with Crippen molar-refractivity contribution in [3.05, 3.63) is 62.2 Å². The molecule has 0 spiro atoms. The molecule has 0 aliphatic carbocycles.